The predicted molar refractivity (Wildman–Crippen MR) is 71.4 cm³/mol. The summed E-state index contributed by atoms with van der Waals surface area (Å²) in [6.07, 6.45) is -0.391. The quantitative estimate of drug-likeness (QED) is 0.763. The third-order valence-corrected chi connectivity index (χ3v) is 2.92. The van der Waals surface area contributed by atoms with Gasteiger partial charge < -0.3 is 14.0 Å². The molecular formula is C14H20N2O2. The minimum absolute atomic E-state index is 0.391. The number of rotatable bonds is 5. The van der Waals surface area contributed by atoms with Crippen molar-refractivity contribution in [2.75, 3.05) is 13.2 Å². The molecule has 1 aromatic carbocycles. The van der Waals surface area contributed by atoms with Crippen LogP contribution in [0, 0.1) is 6.92 Å². The molecule has 1 aromatic heterocycles. The molecule has 0 spiro atoms. The van der Waals surface area contributed by atoms with Gasteiger partial charge in [0.15, 0.2) is 5.82 Å². The lowest BCUT2D eigenvalue weighted by atomic mass is 10.2. The molecule has 0 unspecified atom stereocenters. The maximum absolute atomic E-state index is 5.60. The number of aryl methyl sites for hydroxylation is 2. The van der Waals surface area contributed by atoms with Crippen LogP contribution in [0.2, 0.25) is 0 Å². The zero-order chi connectivity index (χ0) is 13.1. The van der Waals surface area contributed by atoms with Crippen LogP contribution in [0.1, 0.15) is 31.5 Å². The zero-order valence-corrected chi connectivity index (χ0v) is 11.4. The average molecular weight is 248 g/mol. The molecular weight excluding hydrogens is 228 g/mol. The topological polar surface area (TPSA) is 36.3 Å². The van der Waals surface area contributed by atoms with Crippen molar-refractivity contribution in [3.63, 3.8) is 0 Å². The van der Waals surface area contributed by atoms with E-state index >= 15 is 0 Å². The van der Waals surface area contributed by atoms with Crippen LogP contribution in [0.15, 0.2) is 18.2 Å². The Kier molecular flexibility index (Phi) is 3.99. The van der Waals surface area contributed by atoms with Crippen molar-refractivity contribution in [2.45, 2.75) is 27.1 Å². The highest BCUT2D eigenvalue weighted by Gasteiger charge is 2.19. The van der Waals surface area contributed by atoms with E-state index in [1.807, 2.05) is 25.5 Å². The predicted octanol–water partition coefficient (Wildman–Crippen LogP) is 2.95. The van der Waals surface area contributed by atoms with E-state index in [0.29, 0.717) is 13.2 Å². The standard InChI is InChI=1S/C14H20N2O2/c1-5-17-14(18-6-2)13-15-11-9-10(3)7-8-12(11)16(13)4/h7-9,14H,5-6H2,1-4H3. The second-order valence-electron chi connectivity index (χ2n) is 4.26. The van der Waals surface area contributed by atoms with Crippen LogP contribution in [-0.2, 0) is 16.5 Å². The molecule has 0 N–H and O–H groups in total. The molecule has 0 aliphatic heterocycles. The summed E-state index contributed by atoms with van der Waals surface area (Å²) in [6.45, 7) is 7.19. The fraction of sp³-hybridized carbons (Fsp3) is 0.500. The van der Waals surface area contributed by atoms with Gasteiger partial charge in [0.2, 0.25) is 6.29 Å². The maximum atomic E-state index is 5.60. The second kappa shape index (κ2) is 5.50. The second-order valence-corrected chi connectivity index (χ2v) is 4.26. The number of nitrogens with zero attached hydrogens (tertiary/aromatic N) is 2. The first-order chi connectivity index (χ1) is 8.67. The molecule has 0 saturated heterocycles. The smallest absolute Gasteiger partial charge is 0.217 e. The van der Waals surface area contributed by atoms with Crippen LogP contribution in [0.3, 0.4) is 0 Å². The Morgan fingerprint density at radius 2 is 1.89 bits per heavy atom. The van der Waals surface area contributed by atoms with Crippen molar-refractivity contribution in [2.24, 2.45) is 7.05 Å². The molecule has 1 heterocycles. The molecule has 0 fully saturated rings. The lowest BCUT2D eigenvalue weighted by molar-refractivity contribution is -0.146. The summed E-state index contributed by atoms with van der Waals surface area (Å²) in [5.74, 6) is 0.819. The van der Waals surface area contributed by atoms with Crippen LogP contribution in [0.25, 0.3) is 11.0 Å². The van der Waals surface area contributed by atoms with Crippen molar-refractivity contribution in [1.82, 2.24) is 9.55 Å². The van der Waals surface area contributed by atoms with Gasteiger partial charge >= 0.3 is 0 Å². The third-order valence-electron chi connectivity index (χ3n) is 2.92. The van der Waals surface area contributed by atoms with Gasteiger partial charge in [-0.3, -0.25) is 0 Å². The average Bonchev–Trinajstić information content (AvgIpc) is 2.66. The van der Waals surface area contributed by atoms with E-state index in [1.165, 1.54) is 5.56 Å². The Balaban J connectivity index is 2.45. The Labute approximate surface area is 108 Å². The van der Waals surface area contributed by atoms with E-state index in [4.69, 9.17) is 9.47 Å². The number of imidazole rings is 1. The van der Waals surface area contributed by atoms with Gasteiger partial charge in [-0.2, -0.15) is 0 Å². The summed E-state index contributed by atoms with van der Waals surface area (Å²) in [5, 5.41) is 0. The summed E-state index contributed by atoms with van der Waals surface area (Å²) in [4.78, 5) is 4.62. The minimum Gasteiger partial charge on any atom is -0.346 e. The molecule has 98 valence electrons. The number of fused-ring (bicyclic) bond motifs is 1. The Morgan fingerprint density at radius 1 is 1.22 bits per heavy atom. The number of benzene rings is 1. The summed E-state index contributed by atoms with van der Waals surface area (Å²) < 4.78 is 13.2. The molecule has 0 saturated carbocycles. The van der Waals surface area contributed by atoms with E-state index in [2.05, 4.69) is 30.1 Å². The summed E-state index contributed by atoms with van der Waals surface area (Å²) in [5.41, 5.74) is 3.29. The molecule has 0 aliphatic rings. The number of aromatic nitrogens is 2. The molecule has 4 heteroatoms. The lowest BCUT2D eigenvalue weighted by Gasteiger charge is -2.16. The van der Waals surface area contributed by atoms with Gasteiger partial charge in [-0.05, 0) is 38.5 Å². The van der Waals surface area contributed by atoms with E-state index in [1.54, 1.807) is 0 Å². The van der Waals surface area contributed by atoms with Gasteiger partial charge in [0.25, 0.3) is 0 Å². The molecule has 0 bridgehead atoms. The van der Waals surface area contributed by atoms with Crippen molar-refractivity contribution < 1.29 is 9.47 Å². The lowest BCUT2D eigenvalue weighted by Crippen LogP contribution is -2.13. The number of hydrogen-bond donors (Lipinski definition) is 0. The normalized spacial score (nSPS) is 11.6. The Morgan fingerprint density at radius 3 is 2.50 bits per heavy atom. The fourth-order valence-electron chi connectivity index (χ4n) is 2.04. The van der Waals surface area contributed by atoms with E-state index < -0.39 is 6.29 Å². The fourth-order valence-corrected chi connectivity index (χ4v) is 2.04. The first kappa shape index (κ1) is 13.1. The van der Waals surface area contributed by atoms with Crippen LogP contribution in [0.5, 0.6) is 0 Å². The van der Waals surface area contributed by atoms with E-state index in [0.717, 1.165) is 16.9 Å². The van der Waals surface area contributed by atoms with Gasteiger partial charge in [-0.1, -0.05) is 6.07 Å². The van der Waals surface area contributed by atoms with E-state index in [9.17, 15) is 0 Å². The van der Waals surface area contributed by atoms with Crippen LogP contribution in [0.4, 0.5) is 0 Å². The van der Waals surface area contributed by atoms with Gasteiger partial charge in [-0.15, -0.1) is 0 Å². The highest BCUT2D eigenvalue weighted by atomic mass is 16.7. The SMILES string of the molecule is CCOC(OCC)c1nc2cc(C)ccc2n1C. The zero-order valence-electron chi connectivity index (χ0n) is 11.4. The molecule has 0 radical (unpaired) electrons. The van der Waals surface area contributed by atoms with Gasteiger partial charge in [0.1, 0.15) is 0 Å². The van der Waals surface area contributed by atoms with Gasteiger partial charge in [0.05, 0.1) is 11.0 Å². The third kappa shape index (κ3) is 2.40. The molecule has 18 heavy (non-hydrogen) atoms. The molecule has 0 atom stereocenters. The van der Waals surface area contributed by atoms with Crippen LogP contribution < -0.4 is 0 Å². The largest absolute Gasteiger partial charge is 0.346 e. The van der Waals surface area contributed by atoms with Crippen molar-refractivity contribution in [3.8, 4) is 0 Å². The van der Waals surface area contributed by atoms with Crippen LogP contribution >= 0.6 is 0 Å². The number of hydrogen-bond acceptors (Lipinski definition) is 3. The molecule has 4 nitrogen and oxygen atoms in total. The first-order valence-electron chi connectivity index (χ1n) is 6.33. The van der Waals surface area contributed by atoms with Crippen molar-refractivity contribution in [1.29, 1.82) is 0 Å². The summed E-state index contributed by atoms with van der Waals surface area (Å²) >= 11 is 0. The number of ether oxygens (including phenoxy) is 2. The summed E-state index contributed by atoms with van der Waals surface area (Å²) in [6, 6.07) is 6.24. The molecule has 0 aliphatic carbocycles. The highest BCUT2D eigenvalue weighted by Crippen LogP contribution is 2.23. The Hall–Kier alpha value is -1.39. The van der Waals surface area contributed by atoms with Crippen LogP contribution in [-0.4, -0.2) is 22.8 Å². The molecule has 0 amide bonds. The van der Waals surface area contributed by atoms with Gasteiger partial charge in [-0.25, -0.2) is 4.98 Å². The first-order valence-corrected chi connectivity index (χ1v) is 6.33. The molecule has 2 rings (SSSR count). The molecule has 2 aromatic rings. The maximum Gasteiger partial charge on any atom is 0.217 e. The van der Waals surface area contributed by atoms with Gasteiger partial charge in [0, 0.05) is 20.3 Å². The van der Waals surface area contributed by atoms with Crippen molar-refractivity contribution >= 4 is 11.0 Å². The minimum atomic E-state index is -0.391. The van der Waals surface area contributed by atoms with E-state index in [-0.39, 0.29) is 0 Å². The monoisotopic (exact) mass is 248 g/mol. The Bertz CT molecular complexity index is 528. The summed E-state index contributed by atoms with van der Waals surface area (Å²) in [7, 11) is 1.99. The van der Waals surface area contributed by atoms with Crippen molar-refractivity contribution in [3.05, 3.63) is 29.6 Å². The highest BCUT2D eigenvalue weighted by molar-refractivity contribution is 5.76.